The van der Waals surface area contributed by atoms with E-state index >= 15 is 0 Å². The van der Waals surface area contributed by atoms with Crippen molar-refractivity contribution in [3.05, 3.63) is 157 Å². The van der Waals surface area contributed by atoms with Gasteiger partial charge in [-0.25, -0.2) is 0 Å². The second-order valence-corrected chi connectivity index (χ2v) is 9.62. The lowest BCUT2D eigenvalue weighted by Gasteiger charge is -2.18. The first-order valence-electron chi connectivity index (χ1n) is 18.5. The third-order valence-electron chi connectivity index (χ3n) is 7.37. The Morgan fingerprint density at radius 2 is 0.900 bits per heavy atom. The van der Waals surface area contributed by atoms with Crippen LogP contribution in [-0.2, 0) is 0 Å². The fraction of sp³-hybridized carbons (Fsp3) is 0. The molecule has 0 bridgehead atoms. The Morgan fingerprint density at radius 1 is 0.350 bits per heavy atom. The van der Waals surface area contributed by atoms with Crippen molar-refractivity contribution in [2.45, 2.75) is 0 Å². The number of benzene rings is 8. The van der Waals surface area contributed by atoms with Crippen LogP contribution < -0.4 is 0 Å². The molecule has 0 amide bonds. The fourth-order valence-corrected chi connectivity index (χ4v) is 5.62. The molecule has 0 heteroatoms. The van der Waals surface area contributed by atoms with Crippen LogP contribution in [0.4, 0.5) is 0 Å². The topological polar surface area (TPSA) is 0 Å². The van der Waals surface area contributed by atoms with E-state index in [1.165, 1.54) is 0 Å². The van der Waals surface area contributed by atoms with Crippen molar-refractivity contribution in [1.29, 1.82) is 0 Å². The quantitative estimate of drug-likeness (QED) is 0.204. The minimum Gasteiger partial charge on any atom is -0.0616 e. The van der Waals surface area contributed by atoms with Crippen molar-refractivity contribution in [3.8, 4) is 33.4 Å². The molecule has 0 aliphatic carbocycles. The van der Waals surface area contributed by atoms with Crippen LogP contribution in [0.5, 0.6) is 0 Å². The largest absolute Gasteiger partial charge is 0.0636 e. The van der Waals surface area contributed by atoms with E-state index in [2.05, 4.69) is 0 Å². The maximum absolute atomic E-state index is 9.63. The summed E-state index contributed by atoms with van der Waals surface area (Å²) in [6, 6.07) is 23.5. The minimum atomic E-state index is -0.541. The Labute approximate surface area is 249 Å². The second kappa shape index (κ2) is 9.22. The molecule has 40 heavy (non-hydrogen) atoms. The molecule has 0 heterocycles. The maximum Gasteiger partial charge on any atom is 0.0636 e. The lowest BCUT2D eigenvalue weighted by molar-refractivity contribution is 1.63. The number of hydrogen-bond acceptors (Lipinski definition) is 0. The first-order chi connectivity index (χ1) is 24.5. The SMILES string of the molecule is [2H]c1c([2H])c(-c2cccc3ccccc23)c([2H])c(-c2c3ccccc3c(-c3c([2H])c([2H])c4c([2H])c([2H])c([2H])c([2H])c4c3[2H])c3ccccc23)c1[2H]. The molecule has 0 aromatic heterocycles. The molecule has 0 nitrogen and oxygen atoms in total. The van der Waals surface area contributed by atoms with Crippen molar-refractivity contribution in [3.63, 3.8) is 0 Å². The van der Waals surface area contributed by atoms with Crippen LogP contribution in [0.2, 0.25) is 0 Å². The highest BCUT2D eigenvalue weighted by Gasteiger charge is 2.17. The van der Waals surface area contributed by atoms with Gasteiger partial charge in [-0.2, -0.15) is 0 Å². The number of fused-ring (bicyclic) bond motifs is 4. The van der Waals surface area contributed by atoms with Gasteiger partial charge in [0.25, 0.3) is 0 Å². The monoisotopic (exact) mass is 517 g/mol. The van der Waals surface area contributed by atoms with Gasteiger partial charge in [0.2, 0.25) is 0 Å². The summed E-state index contributed by atoms with van der Waals surface area (Å²) < 4.78 is 97.8. The summed E-state index contributed by atoms with van der Waals surface area (Å²) in [5, 5.41) is 3.52. The van der Waals surface area contributed by atoms with E-state index in [0.29, 0.717) is 38.2 Å². The van der Waals surface area contributed by atoms with E-state index in [9.17, 15) is 4.11 Å². The summed E-state index contributed by atoms with van der Waals surface area (Å²) in [5.41, 5.74) is 1.88. The van der Waals surface area contributed by atoms with Crippen LogP contribution in [0.25, 0.3) is 76.5 Å². The zero-order chi connectivity index (χ0) is 36.0. The zero-order valence-corrected chi connectivity index (χ0v) is 21.2. The average Bonchev–Trinajstić information content (AvgIpc) is 3.14. The predicted octanol–water partition coefficient (Wildman–Crippen LogP) is 11.3. The third kappa shape index (κ3) is 3.61. The highest BCUT2D eigenvalue weighted by Crippen LogP contribution is 2.44. The molecule has 8 aromatic carbocycles. The molecule has 0 unspecified atom stereocenters. The Kier molecular flexibility index (Phi) is 3.29. The van der Waals surface area contributed by atoms with E-state index in [0.717, 1.165) is 10.8 Å². The Balaban J connectivity index is 1.55. The van der Waals surface area contributed by atoms with Gasteiger partial charge in [-0.1, -0.05) is 145 Å². The van der Waals surface area contributed by atoms with Gasteiger partial charge in [0.15, 0.2) is 0 Å². The summed E-state index contributed by atoms with van der Waals surface area (Å²) in [4.78, 5) is 0. The van der Waals surface area contributed by atoms with Gasteiger partial charge in [0.1, 0.15) is 0 Å². The normalized spacial score (nSPS) is 15.3. The van der Waals surface area contributed by atoms with Crippen LogP contribution in [0.3, 0.4) is 0 Å². The number of hydrogen-bond donors (Lipinski definition) is 0. The van der Waals surface area contributed by atoms with Crippen LogP contribution >= 0.6 is 0 Å². The maximum atomic E-state index is 9.63. The Hall–Kier alpha value is -5.20. The molecular weight excluding hydrogens is 480 g/mol. The van der Waals surface area contributed by atoms with Gasteiger partial charge in [0.05, 0.1) is 15.1 Å². The molecule has 186 valence electrons. The molecule has 0 radical (unpaired) electrons. The molecule has 0 aliphatic rings. The lowest BCUT2D eigenvalue weighted by Crippen LogP contribution is -1.91. The van der Waals surface area contributed by atoms with E-state index in [1.54, 1.807) is 48.5 Å². The summed E-state index contributed by atoms with van der Waals surface area (Å²) in [6.45, 7) is 0. The third-order valence-corrected chi connectivity index (χ3v) is 7.37. The Morgan fingerprint density at radius 3 is 1.60 bits per heavy atom. The molecule has 0 saturated carbocycles. The molecular formula is C40H26. The van der Waals surface area contributed by atoms with Gasteiger partial charge in [-0.3, -0.25) is 0 Å². The summed E-state index contributed by atoms with van der Waals surface area (Å²) in [6.07, 6.45) is 0. The summed E-state index contributed by atoms with van der Waals surface area (Å²) in [7, 11) is 0. The summed E-state index contributed by atoms with van der Waals surface area (Å²) >= 11 is 0. The second-order valence-electron chi connectivity index (χ2n) is 9.62. The van der Waals surface area contributed by atoms with Gasteiger partial charge >= 0.3 is 0 Å². The highest BCUT2D eigenvalue weighted by atomic mass is 14.2. The fourth-order valence-electron chi connectivity index (χ4n) is 5.62. The van der Waals surface area contributed by atoms with Gasteiger partial charge < -0.3 is 0 Å². The van der Waals surface area contributed by atoms with E-state index in [-0.39, 0.29) is 63.7 Å². The molecule has 0 spiro atoms. The predicted molar refractivity (Wildman–Crippen MR) is 173 cm³/mol. The zero-order valence-electron chi connectivity index (χ0n) is 32.2. The molecule has 8 aromatic rings. The average molecular weight is 518 g/mol. The first kappa shape index (κ1) is 14.3. The van der Waals surface area contributed by atoms with Crippen LogP contribution in [0, 0.1) is 0 Å². The molecule has 0 aliphatic heterocycles. The molecule has 0 saturated heterocycles. The smallest absolute Gasteiger partial charge is 0.0616 e. The van der Waals surface area contributed by atoms with Crippen LogP contribution in [-0.4, -0.2) is 0 Å². The molecule has 0 atom stereocenters. The van der Waals surface area contributed by atoms with Gasteiger partial charge in [-0.15, -0.1) is 0 Å². The molecule has 0 N–H and O–H groups in total. The Bertz CT molecular complexity index is 2760. The van der Waals surface area contributed by atoms with E-state index < -0.39 is 30.2 Å². The van der Waals surface area contributed by atoms with Gasteiger partial charge in [-0.05, 0) is 88.6 Å². The van der Waals surface area contributed by atoms with Crippen molar-refractivity contribution < 1.29 is 15.1 Å². The minimum absolute atomic E-state index is 0.0211. The van der Waals surface area contributed by atoms with E-state index in [4.69, 9.17) is 11.0 Å². The highest BCUT2D eigenvalue weighted by molar-refractivity contribution is 6.22. The summed E-state index contributed by atoms with van der Waals surface area (Å²) in [5.74, 6) is 0. The van der Waals surface area contributed by atoms with Crippen molar-refractivity contribution in [2.24, 2.45) is 0 Å². The van der Waals surface area contributed by atoms with E-state index in [1.807, 2.05) is 42.5 Å². The lowest BCUT2D eigenvalue weighted by atomic mass is 9.85. The van der Waals surface area contributed by atoms with Crippen molar-refractivity contribution in [1.82, 2.24) is 0 Å². The first-order valence-corrected chi connectivity index (χ1v) is 13.0. The standard InChI is InChI=1S/C40H26/c1-2-13-29-25-32(24-23-27(29)11-1)40-37-20-7-5-18-35(37)39(36-19-6-8-21-38(36)40)31-16-9-15-30(26-31)34-22-10-14-28-12-3-4-17-33(28)34/h1-26H/i1D,2D,9D,11D,13D,15D,16D,23D,24D,25D,26D. The molecule has 8 rings (SSSR count). The van der Waals surface area contributed by atoms with Crippen LogP contribution in [0.15, 0.2) is 157 Å². The van der Waals surface area contributed by atoms with Crippen molar-refractivity contribution >= 4 is 43.1 Å². The van der Waals surface area contributed by atoms with Crippen molar-refractivity contribution in [2.75, 3.05) is 0 Å². The molecule has 0 fully saturated rings. The van der Waals surface area contributed by atoms with Crippen LogP contribution in [0.1, 0.15) is 15.1 Å². The van der Waals surface area contributed by atoms with Gasteiger partial charge in [0, 0.05) is 0 Å². The number of rotatable bonds is 3.